The molecule has 1 aliphatic heterocycles. The number of hydrogen-bond acceptors (Lipinski definition) is 5. The van der Waals surface area contributed by atoms with Gasteiger partial charge in [-0.1, -0.05) is 29.5 Å². The van der Waals surface area contributed by atoms with Crippen molar-refractivity contribution in [1.29, 1.82) is 0 Å². The van der Waals surface area contributed by atoms with Crippen LogP contribution in [0.25, 0.3) is 16.9 Å². The number of aromatic amines is 1. The average molecular weight is 454 g/mol. The highest BCUT2D eigenvalue weighted by Crippen LogP contribution is 2.31. The summed E-state index contributed by atoms with van der Waals surface area (Å²) in [6.07, 6.45) is 3.06. The average Bonchev–Trinajstić information content (AvgIpc) is 3.43. The summed E-state index contributed by atoms with van der Waals surface area (Å²) in [7, 11) is 0. The van der Waals surface area contributed by atoms with Crippen molar-refractivity contribution in [3.8, 4) is 22.7 Å². The maximum atomic E-state index is 14.0. The van der Waals surface area contributed by atoms with Gasteiger partial charge in [0.1, 0.15) is 17.3 Å². The van der Waals surface area contributed by atoms with Gasteiger partial charge in [0.25, 0.3) is 5.91 Å². The van der Waals surface area contributed by atoms with Crippen molar-refractivity contribution in [2.75, 3.05) is 13.1 Å². The Balaban J connectivity index is 1.28. The van der Waals surface area contributed by atoms with Gasteiger partial charge in [0.15, 0.2) is 0 Å². The van der Waals surface area contributed by atoms with Crippen molar-refractivity contribution in [2.24, 2.45) is 0 Å². The SMILES string of the molecule is O=C(c1cn[nH]c1-c1cccc(OC(F)F)c1)N1CC(c2cn(-c3ccccc3F)nn2)C1. The molecule has 5 rings (SSSR count). The van der Waals surface area contributed by atoms with Crippen molar-refractivity contribution in [2.45, 2.75) is 12.5 Å². The second kappa shape index (κ2) is 8.41. The number of nitrogens with one attached hydrogen (secondary N) is 1. The Morgan fingerprint density at radius 2 is 1.97 bits per heavy atom. The lowest BCUT2D eigenvalue weighted by atomic mass is 9.95. The fourth-order valence-electron chi connectivity index (χ4n) is 3.72. The predicted molar refractivity (Wildman–Crippen MR) is 111 cm³/mol. The summed E-state index contributed by atoms with van der Waals surface area (Å²) in [5.41, 5.74) is 2.18. The Morgan fingerprint density at radius 3 is 2.76 bits per heavy atom. The first-order valence-electron chi connectivity index (χ1n) is 10.0. The van der Waals surface area contributed by atoms with Gasteiger partial charge in [0.05, 0.1) is 29.3 Å². The number of H-pyrrole nitrogens is 1. The van der Waals surface area contributed by atoms with Crippen molar-refractivity contribution < 1.29 is 22.7 Å². The summed E-state index contributed by atoms with van der Waals surface area (Å²) < 4.78 is 44.8. The first kappa shape index (κ1) is 20.7. The van der Waals surface area contributed by atoms with E-state index in [9.17, 15) is 18.0 Å². The maximum absolute atomic E-state index is 14.0. The van der Waals surface area contributed by atoms with Crippen LogP contribution < -0.4 is 4.74 Å². The first-order chi connectivity index (χ1) is 16.0. The van der Waals surface area contributed by atoms with Gasteiger partial charge in [-0.05, 0) is 24.3 Å². The van der Waals surface area contributed by atoms with E-state index < -0.39 is 12.4 Å². The van der Waals surface area contributed by atoms with E-state index in [1.807, 2.05) is 0 Å². The molecule has 4 aromatic rings. The summed E-state index contributed by atoms with van der Waals surface area (Å²) in [6.45, 7) is -2.13. The molecule has 0 spiro atoms. The van der Waals surface area contributed by atoms with Gasteiger partial charge in [0.2, 0.25) is 0 Å². The van der Waals surface area contributed by atoms with E-state index >= 15 is 0 Å². The molecule has 1 saturated heterocycles. The summed E-state index contributed by atoms with van der Waals surface area (Å²) in [5.74, 6) is -0.711. The van der Waals surface area contributed by atoms with Gasteiger partial charge in [-0.3, -0.25) is 9.89 Å². The molecule has 0 saturated carbocycles. The van der Waals surface area contributed by atoms with Crippen LogP contribution >= 0.6 is 0 Å². The zero-order valence-corrected chi connectivity index (χ0v) is 17.0. The van der Waals surface area contributed by atoms with Crippen molar-refractivity contribution in [1.82, 2.24) is 30.1 Å². The van der Waals surface area contributed by atoms with Crippen LogP contribution in [-0.2, 0) is 0 Å². The Kier molecular flexibility index (Phi) is 5.29. The number of aromatic nitrogens is 5. The van der Waals surface area contributed by atoms with Crippen LogP contribution in [0.3, 0.4) is 0 Å². The number of carbonyl (C=O) groups is 1. The molecule has 1 N–H and O–H groups in total. The van der Waals surface area contributed by atoms with Crippen LogP contribution in [-0.4, -0.2) is 55.7 Å². The number of nitrogens with zero attached hydrogens (tertiary/aromatic N) is 5. The van der Waals surface area contributed by atoms with Gasteiger partial charge in [0, 0.05) is 24.6 Å². The number of likely N-dealkylation sites (tertiary alicyclic amines) is 1. The minimum atomic E-state index is -2.95. The number of amides is 1. The van der Waals surface area contributed by atoms with Gasteiger partial charge in [-0.15, -0.1) is 5.10 Å². The van der Waals surface area contributed by atoms with Crippen LogP contribution in [0.1, 0.15) is 22.0 Å². The van der Waals surface area contributed by atoms with Gasteiger partial charge in [-0.2, -0.15) is 13.9 Å². The normalized spacial score (nSPS) is 13.9. The third-order valence-corrected chi connectivity index (χ3v) is 5.42. The fourth-order valence-corrected chi connectivity index (χ4v) is 3.72. The van der Waals surface area contributed by atoms with Crippen LogP contribution in [0.15, 0.2) is 60.9 Å². The predicted octanol–water partition coefficient (Wildman–Crippen LogP) is 3.64. The van der Waals surface area contributed by atoms with Crippen LogP contribution in [0.5, 0.6) is 5.75 Å². The number of ether oxygens (including phenoxy) is 1. The van der Waals surface area contributed by atoms with E-state index in [1.54, 1.807) is 41.4 Å². The number of halogens is 3. The smallest absolute Gasteiger partial charge is 0.387 e. The Morgan fingerprint density at radius 1 is 1.15 bits per heavy atom. The topological polar surface area (TPSA) is 88.9 Å². The molecule has 168 valence electrons. The van der Waals surface area contributed by atoms with Gasteiger partial charge in [-0.25, -0.2) is 9.07 Å². The monoisotopic (exact) mass is 454 g/mol. The molecular weight excluding hydrogens is 437 g/mol. The molecule has 2 aromatic carbocycles. The van der Waals surface area contributed by atoms with Crippen LogP contribution in [0.2, 0.25) is 0 Å². The number of benzene rings is 2. The second-order valence-corrected chi connectivity index (χ2v) is 7.51. The third-order valence-electron chi connectivity index (χ3n) is 5.42. The minimum Gasteiger partial charge on any atom is -0.435 e. The molecule has 0 unspecified atom stereocenters. The zero-order chi connectivity index (χ0) is 22.9. The highest BCUT2D eigenvalue weighted by atomic mass is 19.3. The molecule has 1 fully saturated rings. The zero-order valence-electron chi connectivity index (χ0n) is 17.0. The highest BCUT2D eigenvalue weighted by molar-refractivity contribution is 6.00. The van der Waals surface area contributed by atoms with Crippen molar-refractivity contribution in [3.63, 3.8) is 0 Å². The summed E-state index contributed by atoms with van der Waals surface area (Å²) >= 11 is 0. The minimum absolute atomic E-state index is 0.0162. The summed E-state index contributed by atoms with van der Waals surface area (Å²) in [6, 6.07) is 12.3. The van der Waals surface area contributed by atoms with E-state index in [4.69, 9.17) is 0 Å². The third kappa shape index (κ3) is 4.04. The molecule has 0 atom stereocenters. The van der Waals surface area contributed by atoms with E-state index in [0.717, 1.165) is 0 Å². The molecule has 33 heavy (non-hydrogen) atoms. The molecule has 1 aliphatic rings. The second-order valence-electron chi connectivity index (χ2n) is 7.51. The number of rotatable bonds is 6. The lowest BCUT2D eigenvalue weighted by Crippen LogP contribution is -2.48. The van der Waals surface area contributed by atoms with E-state index in [2.05, 4.69) is 25.2 Å². The quantitative estimate of drug-likeness (QED) is 0.481. The van der Waals surface area contributed by atoms with Crippen molar-refractivity contribution in [3.05, 3.63) is 78.0 Å². The molecule has 8 nitrogen and oxygen atoms in total. The molecule has 2 aromatic heterocycles. The molecule has 0 radical (unpaired) electrons. The molecule has 3 heterocycles. The standard InChI is InChI=1S/C22H17F3N6O2/c23-17-6-1-2-7-19(17)31-12-18(27-29-31)14-10-30(11-14)21(32)16-9-26-28-20(16)13-4-3-5-15(8-13)33-22(24)25/h1-9,12,14,22H,10-11H2,(H,26,28). The van der Waals surface area contributed by atoms with Crippen LogP contribution in [0, 0.1) is 5.82 Å². The summed E-state index contributed by atoms with van der Waals surface area (Å²) in [5, 5.41) is 14.8. The molecule has 0 aliphatic carbocycles. The number of alkyl halides is 2. The Bertz CT molecular complexity index is 1300. The van der Waals surface area contributed by atoms with Crippen LogP contribution in [0.4, 0.5) is 13.2 Å². The first-order valence-corrected chi connectivity index (χ1v) is 10.0. The van der Waals surface area contributed by atoms with Gasteiger partial charge < -0.3 is 9.64 Å². The van der Waals surface area contributed by atoms with E-state index in [0.29, 0.717) is 41.3 Å². The lowest BCUT2D eigenvalue weighted by Gasteiger charge is -2.38. The fraction of sp³-hybridized carbons (Fsp3) is 0.182. The van der Waals surface area contributed by atoms with E-state index in [-0.39, 0.29) is 17.6 Å². The number of carbonyl (C=O) groups excluding carboxylic acids is 1. The lowest BCUT2D eigenvalue weighted by molar-refractivity contribution is -0.0498. The number of para-hydroxylation sites is 1. The highest BCUT2D eigenvalue weighted by Gasteiger charge is 2.35. The molecule has 1 amide bonds. The number of hydrogen-bond donors (Lipinski definition) is 1. The van der Waals surface area contributed by atoms with Crippen molar-refractivity contribution >= 4 is 5.91 Å². The Labute approximate surface area is 185 Å². The molecular formula is C22H17F3N6O2. The molecule has 0 bridgehead atoms. The largest absolute Gasteiger partial charge is 0.435 e. The van der Waals surface area contributed by atoms with E-state index in [1.165, 1.54) is 29.1 Å². The molecule has 11 heteroatoms. The van der Waals surface area contributed by atoms with Gasteiger partial charge >= 0.3 is 6.61 Å². The maximum Gasteiger partial charge on any atom is 0.387 e. The summed E-state index contributed by atoms with van der Waals surface area (Å²) in [4.78, 5) is 14.6. The Hall–Kier alpha value is -4.15.